The minimum atomic E-state index is -0.951. The Morgan fingerprint density at radius 3 is 2.47 bits per heavy atom. The number of H-pyrrole nitrogens is 1. The summed E-state index contributed by atoms with van der Waals surface area (Å²) in [5.74, 6) is -0.270. The number of aromatic amines is 1. The van der Waals surface area contributed by atoms with E-state index >= 15 is 0 Å². The Bertz CT molecular complexity index is 1580. The lowest BCUT2D eigenvalue weighted by Crippen LogP contribution is -2.25. The molecular weight excluding hydrogens is 430 g/mol. The molecule has 0 aliphatic carbocycles. The number of hydrogen-bond donors (Lipinski definition) is 3. The molecule has 0 radical (unpaired) electrons. The fraction of sp³-hybridized carbons (Fsp3) is 0.154. The molecule has 0 unspecified atom stereocenters. The van der Waals surface area contributed by atoms with Gasteiger partial charge in [-0.3, -0.25) is 9.59 Å². The molecule has 3 N–H and O–H groups in total. The van der Waals surface area contributed by atoms with Crippen molar-refractivity contribution in [3.8, 4) is 11.3 Å². The number of carbonyl (C=O) groups excluding carboxylic acids is 1. The predicted octanol–water partition coefficient (Wildman–Crippen LogP) is 3.96. The van der Waals surface area contributed by atoms with Gasteiger partial charge in [-0.05, 0) is 44.2 Å². The molecule has 0 atom stereocenters. The molecule has 0 saturated heterocycles. The lowest BCUT2D eigenvalue weighted by molar-refractivity contribution is 0.0625. The van der Waals surface area contributed by atoms with Crippen molar-refractivity contribution in [1.29, 1.82) is 0 Å². The van der Waals surface area contributed by atoms with Gasteiger partial charge in [-0.2, -0.15) is 5.10 Å². The largest absolute Gasteiger partial charge is 0.389 e. The van der Waals surface area contributed by atoms with Gasteiger partial charge in [0.15, 0.2) is 0 Å². The quantitative estimate of drug-likeness (QED) is 0.373. The molecule has 34 heavy (non-hydrogen) atoms. The Labute approximate surface area is 194 Å². The summed E-state index contributed by atoms with van der Waals surface area (Å²) in [5.41, 5.74) is 2.03. The molecule has 170 valence electrons. The molecule has 0 fully saturated rings. The van der Waals surface area contributed by atoms with Crippen LogP contribution in [0.1, 0.15) is 24.2 Å². The van der Waals surface area contributed by atoms with Crippen molar-refractivity contribution in [3.05, 3.63) is 89.0 Å². The van der Waals surface area contributed by atoms with Crippen LogP contribution in [0.25, 0.3) is 33.1 Å². The Kier molecular flexibility index (Phi) is 5.22. The van der Waals surface area contributed by atoms with Crippen molar-refractivity contribution in [2.24, 2.45) is 0 Å². The maximum absolute atomic E-state index is 13.1. The summed E-state index contributed by atoms with van der Waals surface area (Å²) in [7, 11) is 0. The Hall–Kier alpha value is -4.30. The highest BCUT2D eigenvalue weighted by Crippen LogP contribution is 2.26. The molecule has 8 nitrogen and oxygen atoms in total. The first-order chi connectivity index (χ1) is 16.3. The number of benzene rings is 2. The summed E-state index contributed by atoms with van der Waals surface area (Å²) in [4.78, 5) is 29.6. The van der Waals surface area contributed by atoms with Crippen molar-refractivity contribution >= 4 is 33.4 Å². The van der Waals surface area contributed by atoms with E-state index < -0.39 is 5.60 Å². The first-order valence-corrected chi connectivity index (χ1v) is 10.9. The molecule has 0 aliphatic heterocycles. The van der Waals surface area contributed by atoms with Gasteiger partial charge >= 0.3 is 0 Å². The van der Waals surface area contributed by atoms with Gasteiger partial charge in [-0.15, -0.1) is 0 Å². The van der Waals surface area contributed by atoms with E-state index in [9.17, 15) is 14.7 Å². The number of nitrogens with one attached hydrogen (secondary N) is 2. The van der Waals surface area contributed by atoms with Gasteiger partial charge in [0.25, 0.3) is 11.5 Å². The normalized spacial score (nSPS) is 11.7. The van der Waals surface area contributed by atoms with Crippen LogP contribution in [0.5, 0.6) is 0 Å². The topological polar surface area (TPSA) is 113 Å². The van der Waals surface area contributed by atoms with E-state index in [0.717, 1.165) is 10.9 Å². The highest BCUT2D eigenvalue weighted by atomic mass is 16.3. The number of pyridine rings is 1. The zero-order valence-electron chi connectivity index (χ0n) is 18.7. The number of aromatic nitrogens is 4. The third-order valence-corrected chi connectivity index (χ3v) is 5.55. The summed E-state index contributed by atoms with van der Waals surface area (Å²) in [6, 6.07) is 18.2. The SMILES string of the molecule is CC(C)(O)Cn1cc(C(=O)Nc2ccc(-c3n[nH]c(=O)c4ccccc34)cc2)c2cccnc21. The lowest BCUT2D eigenvalue weighted by atomic mass is 10.0. The number of carbonyl (C=O) groups is 1. The van der Waals surface area contributed by atoms with E-state index in [1.165, 1.54) is 0 Å². The van der Waals surface area contributed by atoms with E-state index in [1.807, 2.05) is 36.4 Å². The van der Waals surface area contributed by atoms with Gasteiger partial charge in [0.1, 0.15) is 5.65 Å². The highest BCUT2D eigenvalue weighted by Gasteiger charge is 2.20. The Morgan fingerprint density at radius 1 is 1.03 bits per heavy atom. The van der Waals surface area contributed by atoms with Crippen LogP contribution < -0.4 is 10.9 Å². The Balaban J connectivity index is 1.44. The molecule has 1 amide bonds. The number of aliphatic hydroxyl groups is 1. The maximum atomic E-state index is 13.1. The van der Waals surface area contributed by atoms with Crippen LogP contribution in [-0.4, -0.2) is 36.4 Å². The van der Waals surface area contributed by atoms with Crippen LogP contribution >= 0.6 is 0 Å². The summed E-state index contributed by atoms with van der Waals surface area (Å²) >= 11 is 0. The van der Waals surface area contributed by atoms with Crippen LogP contribution in [0, 0.1) is 0 Å². The van der Waals surface area contributed by atoms with Gasteiger partial charge in [0.05, 0.1) is 28.8 Å². The average Bonchev–Trinajstić information content (AvgIpc) is 3.17. The molecule has 5 aromatic rings. The highest BCUT2D eigenvalue weighted by molar-refractivity contribution is 6.12. The molecule has 8 heteroatoms. The number of nitrogens with zero attached hydrogens (tertiary/aromatic N) is 3. The second-order valence-corrected chi connectivity index (χ2v) is 8.84. The summed E-state index contributed by atoms with van der Waals surface area (Å²) in [6.07, 6.45) is 3.38. The first kappa shape index (κ1) is 21.5. The van der Waals surface area contributed by atoms with Crippen LogP contribution in [-0.2, 0) is 6.54 Å². The second kappa shape index (κ2) is 8.24. The first-order valence-electron chi connectivity index (χ1n) is 10.9. The van der Waals surface area contributed by atoms with Crippen molar-refractivity contribution < 1.29 is 9.90 Å². The minimum Gasteiger partial charge on any atom is -0.389 e. The molecule has 5 rings (SSSR count). The van der Waals surface area contributed by atoms with E-state index in [2.05, 4.69) is 20.5 Å². The summed E-state index contributed by atoms with van der Waals surface area (Å²) < 4.78 is 1.79. The number of amides is 1. The third-order valence-electron chi connectivity index (χ3n) is 5.55. The zero-order chi connectivity index (χ0) is 23.9. The number of rotatable bonds is 5. The molecule has 3 heterocycles. The van der Waals surface area contributed by atoms with Crippen LogP contribution in [0.2, 0.25) is 0 Å². The van der Waals surface area contributed by atoms with E-state index in [0.29, 0.717) is 39.9 Å². The van der Waals surface area contributed by atoms with Gasteiger partial charge in [-0.1, -0.05) is 30.3 Å². The minimum absolute atomic E-state index is 0.235. The fourth-order valence-electron chi connectivity index (χ4n) is 4.09. The van der Waals surface area contributed by atoms with Gasteiger partial charge in [0, 0.05) is 34.4 Å². The molecule has 3 aromatic heterocycles. The monoisotopic (exact) mass is 453 g/mol. The Morgan fingerprint density at radius 2 is 1.74 bits per heavy atom. The molecule has 0 spiro atoms. The van der Waals surface area contributed by atoms with Crippen molar-refractivity contribution in [3.63, 3.8) is 0 Å². The average molecular weight is 454 g/mol. The van der Waals surface area contributed by atoms with Crippen molar-refractivity contribution in [2.45, 2.75) is 26.0 Å². The van der Waals surface area contributed by atoms with Crippen LogP contribution in [0.3, 0.4) is 0 Å². The standard InChI is InChI=1S/C26H23N5O3/c1-26(2,34)15-31-14-21(19-8-5-13-27-23(19)31)24(32)28-17-11-9-16(10-12-17)22-18-6-3-4-7-20(18)25(33)30-29-22/h3-14,34H,15H2,1-2H3,(H,28,32)(H,30,33). The fourth-order valence-corrected chi connectivity index (χ4v) is 4.09. The summed E-state index contributed by atoms with van der Waals surface area (Å²) in [5, 5.41) is 22.0. The summed E-state index contributed by atoms with van der Waals surface area (Å²) in [6.45, 7) is 3.73. The molecule has 0 aliphatic rings. The van der Waals surface area contributed by atoms with E-state index in [4.69, 9.17) is 0 Å². The molecule has 2 aromatic carbocycles. The predicted molar refractivity (Wildman–Crippen MR) is 132 cm³/mol. The van der Waals surface area contributed by atoms with Crippen LogP contribution in [0.4, 0.5) is 5.69 Å². The van der Waals surface area contributed by atoms with E-state index in [-0.39, 0.29) is 11.5 Å². The van der Waals surface area contributed by atoms with Gasteiger partial charge in [-0.25, -0.2) is 10.1 Å². The molecule has 0 saturated carbocycles. The van der Waals surface area contributed by atoms with Gasteiger partial charge < -0.3 is 15.0 Å². The van der Waals surface area contributed by atoms with Crippen molar-refractivity contribution in [1.82, 2.24) is 19.7 Å². The number of anilines is 1. The zero-order valence-corrected chi connectivity index (χ0v) is 18.7. The molecular formula is C26H23N5O3. The van der Waals surface area contributed by atoms with Crippen LogP contribution in [0.15, 0.2) is 77.9 Å². The molecule has 0 bridgehead atoms. The number of fused-ring (bicyclic) bond motifs is 2. The van der Waals surface area contributed by atoms with Gasteiger partial charge in [0.2, 0.25) is 0 Å². The van der Waals surface area contributed by atoms with E-state index in [1.54, 1.807) is 55.1 Å². The van der Waals surface area contributed by atoms with Crippen molar-refractivity contribution in [2.75, 3.05) is 5.32 Å². The third kappa shape index (κ3) is 4.06. The second-order valence-electron chi connectivity index (χ2n) is 8.84. The lowest BCUT2D eigenvalue weighted by Gasteiger charge is -2.18. The maximum Gasteiger partial charge on any atom is 0.272 e. The smallest absolute Gasteiger partial charge is 0.272 e. The number of hydrogen-bond acceptors (Lipinski definition) is 5.